The Labute approximate surface area is 163 Å². The summed E-state index contributed by atoms with van der Waals surface area (Å²) in [4.78, 5) is 28.6. The van der Waals surface area contributed by atoms with Gasteiger partial charge in [-0.1, -0.05) is 12.1 Å². The van der Waals surface area contributed by atoms with Crippen LogP contribution in [0.25, 0.3) is 16.6 Å². The molecule has 3 aromatic rings. The van der Waals surface area contributed by atoms with Crippen LogP contribution >= 0.6 is 12.2 Å². The molecule has 5 nitrogen and oxygen atoms in total. The number of carbonyl (C=O) groups is 1. The van der Waals surface area contributed by atoms with Gasteiger partial charge in [-0.3, -0.25) is 14.2 Å². The molecule has 0 saturated carbocycles. The number of aromatic nitrogens is 2. The van der Waals surface area contributed by atoms with Crippen molar-refractivity contribution in [3.63, 3.8) is 0 Å². The molecule has 2 aromatic carbocycles. The summed E-state index contributed by atoms with van der Waals surface area (Å²) in [6, 6.07) is 10.8. The molecule has 140 valence electrons. The lowest BCUT2D eigenvalue weighted by Crippen LogP contribution is -2.40. The third-order valence-electron chi connectivity index (χ3n) is 4.47. The minimum absolute atomic E-state index is 0.192. The Bertz CT molecular complexity index is 1170. The Kier molecular flexibility index (Phi) is 4.78. The topological polar surface area (TPSA) is 66.9 Å². The number of aryl methyl sites for hydroxylation is 1. The number of benzene rings is 2. The van der Waals surface area contributed by atoms with Crippen LogP contribution in [0.15, 0.2) is 41.2 Å². The van der Waals surface area contributed by atoms with E-state index in [9.17, 15) is 9.59 Å². The molecule has 0 atom stereocenters. The van der Waals surface area contributed by atoms with Gasteiger partial charge < -0.3 is 10.3 Å². The number of aromatic amines is 1. The molecule has 1 heterocycles. The largest absolute Gasteiger partial charge is 0.347 e. The standard InChI is InChI=1S/C21H23N3O2S/c1-12-7-6-8-17(13(12)2)24-19(26)15-10-9-14(11-16(15)22-20(24)27)18(25)23-21(3,4)5/h6-11H,1-5H3,(H,22,27)(H,23,25). The number of nitrogens with zero attached hydrogens (tertiary/aromatic N) is 1. The van der Waals surface area contributed by atoms with Crippen molar-refractivity contribution in [2.45, 2.75) is 40.2 Å². The molecule has 3 rings (SSSR count). The smallest absolute Gasteiger partial charge is 0.266 e. The van der Waals surface area contributed by atoms with E-state index in [1.165, 1.54) is 4.57 Å². The van der Waals surface area contributed by atoms with E-state index >= 15 is 0 Å². The molecule has 0 bridgehead atoms. The average molecular weight is 382 g/mol. The second-order valence-corrected chi connectivity index (χ2v) is 8.14. The van der Waals surface area contributed by atoms with E-state index in [0.29, 0.717) is 21.2 Å². The van der Waals surface area contributed by atoms with Crippen molar-refractivity contribution in [3.05, 3.63) is 68.2 Å². The monoisotopic (exact) mass is 381 g/mol. The number of rotatable bonds is 2. The molecule has 1 aromatic heterocycles. The summed E-state index contributed by atoms with van der Waals surface area (Å²) in [6.07, 6.45) is 0. The fourth-order valence-corrected chi connectivity index (χ4v) is 3.26. The van der Waals surface area contributed by atoms with Crippen molar-refractivity contribution in [2.75, 3.05) is 0 Å². The second kappa shape index (κ2) is 6.78. The predicted octanol–water partition coefficient (Wildman–Crippen LogP) is 4.19. The summed E-state index contributed by atoms with van der Waals surface area (Å²) in [5.74, 6) is -0.192. The second-order valence-electron chi connectivity index (χ2n) is 7.75. The van der Waals surface area contributed by atoms with Gasteiger partial charge in [0, 0.05) is 11.1 Å². The van der Waals surface area contributed by atoms with Crippen LogP contribution in [-0.4, -0.2) is 21.0 Å². The van der Waals surface area contributed by atoms with Gasteiger partial charge >= 0.3 is 0 Å². The van der Waals surface area contributed by atoms with Crippen molar-refractivity contribution < 1.29 is 4.79 Å². The van der Waals surface area contributed by atoms with Crippen LogP contribution in [0.1, 0.15) is 42.3 Å². The summed E-state index contributed by atoms with van der Waals surface area (Å²) in [7, 11) is 0. The maximum Gasteiger partial charge on any atom is 0.266 e. The van der Waals surface area contributed by atoms with Crippen LogP contribution in [0.4, 0.5) is 0 Å². The van der Waals surface area contributed by atoms with Crippen LogP contribution in [0.2, 0.25) is 0 Å². The van der Waals surface area contributed by atoms with E-state index in [1.807, 2.05) is 52.8 Å². The lowest BCUT2D eigenvalue weighted by Gasteiger charge is -2.20. The molecule has 0 aliphatic rings. The third-order valence-corrected chi connectivity index (χ3v) is 4.75. The van der Waals surface area contributed by atoms with Gasteiger partial charge in [0.15, 0.2) is 4.77 Å². The van der Waals surface area contributed by atoms with Crippen molar-refractivity contribution in [2.24, 2.45) is 0 Å². The summed E-state index contributed by atoms with van der Waals surface area (Å²) in [5.41, 5.74) is 3.33. The zero-order valence-corrected chi connectivity index (χ0v) is 17.0. The van der Waals surface area contributed by atoms with Gasteiger partial charge in [-0.25, -0.2) is 0 Å². The maximum atomic E-state index is 13.1. The van der Waals surface area contributed by atoms with Crippen molar-refractivity contribution >= 4 is 29.0 Å². The van der Waals surface area contributed by atoms with Gasteiger partial charge in [-0.2, -0.15) is 0 Å². The Hall–Kier alpha value is -2.73. The summed E-state index contributed by atoms with van der Waals surface area (Å²) in [6.45, 7) is 9.72. The normalized spacial score (nSPS) is 11.6. The SMILES string of the molecule is Cc1cccc(-n2c(=S)[nH]c3cc(C(=O)NC(C)(C)C)ccc3c2=O)c1C. The van der Waals surface area contributed by atoms with Gasteiger partial charge in [0.1, 0.15) is 0 Å². The Morgan fingerprint density at radius 1 is 1.15 bits per heavy atom. The van der Waals surface area contributed by atoms with E-state index in [4.69, 9.17) is 12.2 Å². The lowest BCUT2D eigenvalue weighted by molar-refractivity contribution is 0.0919. The quantitative estimate of drug-likeness (QED) is 0.654. The highest BCUT2D eigenvalue weighted by Crippen LogP contribution is 2.18. The first-order valence-electron chi connectivity index (χ1n) is 8.77. The minimum atomic E-state index is -0.342. The molecule has 0 saturated heterocycles. The highest BCUT2D eigenvalue weighted by atomic mass is 32.1. The number of H-pyrrole nitrogens is 1. The van der Waals surface area contributed by atoms with Crippen LogP contribution in [0.3, 0.4) is 0 Å². The minimum Gasteiger partial charge on any atom is -0.347 e. The van der Waals surface area contributed by atoms with Crippen LogP contribution in [0, 0.1) is 18.6 Å². The summed E-state index contributed by atoms with van der Waals surface area (Å²) < 4.78 is 1.81. The van der Waals surface area contributed by atoms with Crippen molar-refractivity contribution in [3.8, 4) is 5.69 Å². The van der Waals surface area contributed by atoms with Gasteiger partial charge in [0.2, 0.25) is 0 Å². The molecule has 0 aliphatic heterocycles. The Balaban J connectivity index is 2.18. The van der Waals surface area contributed by atoms with Gasteiger partial charge in [0.25, 0.3) is 11.5 Å². The molecular weight excluding hydrogens is 358 g/mol. The van der Waals surface area contributed by atoms with E-state index in [0.717, 1.165) is 16.8 Å². The number of nitrogens with one attached hydrogen (secondary N) is 2. The van der Waals surface area contributed by atoms with E-state index in [-0.39, 0.29) is 17.0 Å². The molecule has 1 amide bonds. The highest BCUT2D eigenvalue weighted by Gasteiger charge is 2.17. The van der Waals surface area contributed by atoms with Crippen LogP contribution in [0.5, 0.6) is 0 Å². The fraction of sp³-hybridized carbons (Fsp3) is 0.286. The molecule has 0 radical (unpaired) electrons. The number of fused-ring (bicyclic) bond motifs is 1. The molecule has 6 heteroatoms. The molecule has 0 spiro atoms. The van der Waals surface area contributed by atoms with Gasteiger partial charge in [0.05, 0.1) is 16.6 Å². The molecule has 0 unspecified atom stereocenters. The van der Waals surface area contributed by atoms with Gasteiger partial charge in [-0.05, 0) is 82.2 Å². The predicted molar refractivity (Wildman–Crippen MR) is 111 cm³/mol. The van der Waals surface area contributed by atoms with Crippen molar-refractivity contribution in [1.82, 2.24) is 14.9 Å². The average Bonchev–Trinajstić information content (AvgIpc) is 2.56. The third kappa shape index (κ3) is 3.71. The molecule has 0 fully saturated rings. The summed E-state index contributed by atoms with van der Waals surface area (Å²) >= 11 is 5.46. The van der Waals surface area contributed by atoms with Crippen LogP contribution in [-0.2, 0) is 0 Å². The van der Waals surface area contributed by atoms with Crippen molar-refractivity contribution in [1.29, 1.82) is 0 Å². The number of hydrogen-bond acceptors (Lipinski definition) is 3. The van der Waals surface area contributed by atoms with Crippen LogP contribution < -0.4 is 10.9 Å². The van der Waals surface area contributed by atoms with E-state index < -0.39 is 0 Å². The molecule has 2 N–H and O–H groups in total. The molecule has 0 aliphatic carbocycles. The Morgan fingerprint density at radius 3 is 2.52 bits per heavy atom. The molecular formula is C21H23N3O2S. The van der Waals surface area contributed by atoms with E-state index in [1.54, 1.807) is 18.2 Å². The summed E-state index contributed by atoms with van der Waals surface area (Å²) in [5, 5.41) is 3.40. The highest BCUT2D eigenvalue weighted by molar-refractivity contribution is 7.71. The zero-order chi connectivity index (χ0) is 19.9. The zero-order valence-electron chi connectivity index (χ0n) is 16.1. The first-order valence-corrected chi connectivity index (χ1v) is 9.17. The number of amides is 1. The first-order chi connectivity index (χ1) is 12.6. The molecule has 27 heavy (non-hydrogen) atoms. The fourth-order valence-electron chi connectivity index (χ4n) is 2.97. The Morgan fingerprint density at radius 2 is 1.85 bits per heavy atom. The maximum absolute atomic E-state index is 13.1. The number of carbonyl (C=O) groups excluding carboxylic acids is 1. The number of hydrogen-bond donors (Lipinski definition) is 2. The lowest BCUT2D eigenvalue weighted by atomic mass is 10.1. The first kappa shape index (κ1) is 19.0. The van der Waals surface area contributed by atoms with E-state index in [2.05, 4.69) is 10.3 Å². The van der Waals surface area contributed by atoms with Gasteiger partial charge in [-0.15, -0.1) is 0 Å².